The first-order valence-electron chi connectivity index (χ1n) is 6.47. The van der Waals surface area contributed by atoms with Crippen molar-refractivity contribution in [2.75, 3.05) is 11.9 Å². The van der Waals surface area contributed by atoms with Crippen LogP contribution in [-0.2, 0) is 4.79 Å². The first kappa shape index (κ1) is 16.1. The minimum absolute atomic E-state index is 0.0119. The molecule has 4 nitrogen and oxygen atoms in total. The monoisotopic (exact) mass is 277 g/mol. The lowest BCUT2D eigenvalue weighted by atomic mass is 9.84. The van der Waals surface area contributed by atoms with E-state index in [1.807, 2.05) is 20.8 Å². The molecule has 1 amide bonds. The van der Waals surface area contributed by atoms with E-state index in [-0.39, 0.29) is 29.3 Å². The van der Waals surface area contributed by atoms with Crippen LogP contribution in [0.4, 0.5) is 10.1 Å². The second-order valence-electron chi connectivity index (χ2n) is 5.99. The SMILES string of the molecule is CC(C)(C)CC(CN)C(=O)Nc1ccc(F)c(C#N)c1. The Morgan fingerprint density at radius 3 is 2.65 bits per heavy atom. The average molecular weight is 277 g/mol. The second-order valence-corrected chi connectivity index (χ2v) is 5.99. The van der Waals surface area contributed by atoms with Crippen LogP contribution in [0.2, 0.25) is 0 Å². The number of amides is 1. The molecule has 0 radical (unpaired) electrons. The zero-order chi connectivity index (χ0) is 15.3. The highest BCUT2D eigenvalue weighted by molar-refractivity contribution is 5.92. The Hall–Kier alpha value is -1.93. The first-order valence-corrected chi connectivity index (χ1v) is 6.47. The van der Waals surface area contributed by atoms with Crippen LogP contribution in [0.5, 0.6) is 0 Å². The highest BCUT2D eigenvalue weighted by Crippen LogP contribution is 2.25. The first-order chi connectivity index (χ1) is 9.26. The molecule has 0 aliphatic rings. The number of nitrogens with zero attached hydrogens (tertiary/aromatic N) is 1. The van der Waals surface area contributed by atoms with E-state index < -0.39 is 5.82 Å². The van der Waals surface area contributed by atoms with Gasteiger partial charge in [-0.05, 0) is 30.0 Å². The normalized spacial score (nSPS) is 12.6. The van der Waals surface area contributed by atoms with Gasteiger partial charge in [-0.25, -0.2) is 4.39 Å². The predicted octanol–water partition coefficient (Wildman–Crippen LogP) is 2.65. The van der Waals surface area contributed by atoms with Gasteiger partial charge in [0.25, 0.3) is 0 Å². The van der Waals surface area contributed by atoms with Crippen molar-refractivity contribution in [2.24, 2.45) is 17.1 Å². The van der Waals surface area contributed by atoms with Gasteiger partial charge in [0.15, 0.2) is 0 Å². The van der Waals surface area contributed by atoms with Crippen LogP contribution in [0, 0.1) is 28.5 Å². The summed E-state index contributed by atoms with van der Waals surface area (Å²) in [6.07, 6.45) is 0.654. The van der Waals surface area contributed by atoms with E-state index in [0.717, 1.165) is 6.07 Å². The van der Waals surface area contributed by atoms with Crippen LogP contribution < -0.4 is 11.1 Å². The molecule has 0 spiro atoms. The molecular weight excluding hydrogens is 257 g/mol. The molecule has 0 saturated carbocycles. The number of benzene rings is 1. The molecule has 1 aromatic carbocycles. The highest BCUT2D eigenvalue weighted by atomic mass is 19.1. The summed E-state index contributed by atoms with van der Waals surface area (Å²) in [5, 5.41) is 11.4. The van der Waals surface area contributed by atoms with Crippen molar-refractivity contribution in [3.63, 3.8) is 0 Å². The summed E-state index contributed by atoms with van der Waals surface area (Å²) in [6.45, 7) is 6.35. The van der Waals surface area contributed by atoms with Crippen LogP contribution in [0.3, 0.4) is 0 Å². The van der Waals surface area contributed by atoms with E-state index in [0.29, 0.717) is 12.1 Å². The fraction of sp³-hybridized carbons (Fsp3) is 0.467. The standard InChI is InChI=1S/C15H20FN3O/c1-15(2,3)7-11(9-18)14(20)19-12-4-5-13(16)10(6-12)8-17/h4-6,11H,7,9,18H2,1-3H3,(H,19,20). The van der Waals surface area contributed by atoms with Gasteiger partial charge in [0, 0.05) is 12.2 Å². The number of nitriles is 1. The van der Waals surface area contributed by atoms with Crippen molar-refractivity contribution in [2.45, 2.75) is 27.2 Å². The van der Waals surface area contributed by atoms with Crippen LogP contribution in [0.25, 0.3) is 0 Å². The molecule has 0 fully saturated rings. The minimum Gasteiger partial charge on any atom is -0.330 e. The molecule has 0 aliphatic heterocycles. The Kier molecular flexibility index (Phi) is 5.23. The summed E-state index contributed by atoms with van der Waals surface area (Å²) in [5.74, 6) is -1.13. The van der Waals surface area contributed by atoms with E-state index in [9.17, 15) is 9.18 Å². The number of carbonyl (C=O) groups is 1. The van der Waals surface area contributed by atoms with Crippen LogP contribution in [0.1, 0.15) is 32.8 Å². The lowest BCUT2D eigenvalue weighted by Gasteiger charge is -2.24. The lowest BCUT2D eigenvalue weighted by Crippen LogP contribution is -2.32. The molecule has 1 aromatic rings. The molecule has 3 N–H and O–H groups in total. The van der Waals surface area contributed by atoms with Crippen molar-refractivity contribution in [3.8, 4) is 6.07 Å². The molecular formula is C15H20FN3O. The van der Waals surface area contributed by atoms with E-state index in [1.54, 1.807) is 6.07 Å². The number of rotatable bonds is 4. The third-order valence-corrected chi connectivity index (χ3v) is 2.87. The Morgan fingerprint density at radius 1 is 1.50 bits per heavy atom. The minimum atomic E-state index is -0.601. The molecule has 0 aromatic heterocycles. The molecule has 1 unspecified atom stereocenters. The summed E-state index contributed by atoms with van der Waals surface area (Å²) in [6, 6.07) is 5.65. The molecule has 1 rings (SSSR count). The quantitative estimate of drug-likeness (QED) is 0.888. The zero-order valence-electron chi connectivity index (χ0n) is 12.0. The molecule has 20 heavy (non-hydrogen) atoms. The molecule has 1 atom stereocenters. The Balaban J connectivity index is 2.82. The fourth-order valence-electron chi connectivity index (χ4n) is 1.96. The Labute approximate surface area is 118 Å². The molecule has 108 valence electrons. The summed E-state index contributed by atoms with van der Waals surface area (Å²) in [5.41, 5.74) is 5.94. The zero-order valence-corrected chi connectivity index (χ0v) is 12.0. The molecule has 0 aliphatic carbocycles. The molecule has 5 heteroatoms. The van der Waals surface area contributed by atoms with Gasteiger partial charge < -0.3 is 11.1 Å². The van der Waals surface area contributed by atoms with Gasteiger partial charge in [0.05, 0.1) is 11.5 Å². The predicted molar refractivity (Wildman–Crippen MR) is 76.4 cm³/mol. The van der Waals surface area contributed by atoms with Gasteiger partial charge in [0.2, 0.25) is 5.91 Å². The maximum Gasteiger partial charge on any atom is 0.228 e. The third kappa shape index (κ3) is 4.63. The topological polar surface area (TPSA) is 78.9 Å². The van der Waals surface area contributed by atoms with Crippen molar-refractivity contribution < 1.29 is 9.18 Å². The van der Waals surface area contributed by atoms with Crippen LogP contribution in [0.15, 0.2) is 18.2 Å². The van der Waals surface area contributed by atoms with Crippen molar-refractivity contribution in [1.82, 2.24) is 0 Å². The van der Waals surface area contributed by atoms with E-state index in [4.69, 9.17) is 11.0 Å². The van der Waals surface area contributed by atoms with Gasteiger partial charge in [-0.3, -0.25) is 4.79 Å². The van der Waals surface area contributed by atoms with Crippen LogP contribution in [-0.4, -0.2) is 12.5 Å². The van der Waals surface area contributed by atoms with E-state index in [1.165, 1.54) is 12.1 Å². The Bertz CT molecular complexity index is 529. The summed E-state index contributed by atoms with van der Waals surface area (Å²) in [7, 11) is 0. The highest BCUT2D eigenvalue weighted by Gasteiger charge is 2.23. The fourth-order valence-corrected chi connectivity index (χ4v) is 1.96. The van der Waals surface area contributed by atoms with Crippen molar-refractivity contribution in [1.29, 1.82) is 5.26 Å². The van der Waals surface area contributed by atoms with Crippen molar-refractivity contribution in [3.05, 3.63) is 29.6 Å². The lowest BCUT2D eigenvalue weighted by molar-refractivity contribution is -0.120. The maximum atomic E-state index is 13.2. The van der Waals surface area contributed by atoms with Gasteiger partial charge in [-0.2, -0.15) is 5.26 Å². The third-order valence-electron chi connectivity index (χ3n) is 2.87. The summed E-state index contributed by atoms with van der Waals surface area (Å²) >= 11 is 0. The molecule has 0 heterocycles. The van der Waals surface area contributed by atoms with Crippen LogP contribution >= 0.6 is 0 Å². The second kappa shape index (κ2) is 6.49. The molecule has 0 saturated heterocycles. The number of anilines is 1. The van der Waals surface area contributed by atoms with Crippen molar-refractivity contribution >= 4 is 11.6 Å². The number of carbonyl (C=O) groups excluding carboxylic acids is 1. The number of hydrogen-bond acceptors (Lipinski definition) is 3. The summed E-state index contributed by atoms with van der Waals surface area (Å²) < 4.78 is 13.2. The largest absolute Gasteiger partial charge is 0.330 e. The number of nitrogens with one attached hydrogen (secondary N) is 1. The van der Waals surface area contributed by atoms with E-state index >= 15 is 0 Å². The van der Waals surface area contributed by atoms with E-state index in [2.05, 4.69) is 5.32 Å². The number of nitrogens with two attached hydrogens (primary N) is 1. The smallest absolute Gasteiger partial charge is 0.228 e. The Morgan fingerprint density at radius 2 is 2.15 bits per heavy atom. The van der Waals surface area contributed by atoms with Gasteiger partial charge in [-0.15, -0.1) is 0 Å². The number of hydrogen-bond donors (Lipinski definition) is 2. The van der Waals surface area contributed by atoms with Gasteiger partial charge >= 0.3 is 0 Å². The van der Waals surface area contributed by atoms with Gasteiger partial charge in [-0.1, -0.05) is 20.8 Å². The average Bonchev–Trinajstić information content (AvgIpc) is 2.37. The maximum absolute atomic E-state index is 13.2. The summed E-state index contributed by atoms with van der Waals surface area (Å²) in [4.78, 5) is 12.1. The molecule has 0 bridgehead atoms. The van der Waals surface area contributed by atoms with Gasteiger partial charge in [0.1, 0.15) is 11.9 Å². The number of halogens is 1.